The van der Waals surface area contributed by atoms with Crippen molar-refractivity contribution in [1.29, 1.82) is 0 Å². The molecule has 0 unspecified atom stereocenters. The van der Waals surface area contributed by atoms with Crippen LogP contribution in [0.5, 0.6) is 5.75 Å². The van der Waals surface area contributed by atoms with E-state index in [1.54, 1.807) is 35.2 Å². The van der Waals surface area contributed by atoms with Crippen molar-refractivity contribution in [3.05, 3.63) is 104 Å². The molecule has 172 valence electrons. The Morgan fingerprint density at radius 3 is 2.41 bits per heavy atom. The molecule has 0 atom stereocenters. The summed E-state index contributed by atoms with van der Waals surface area (Å²) in [6, 6.07) is 19.8. The van der Waals surface area contributed by atoms with Crippen LogP contribution in [0.4, 0.5) is 0 Å². The van der Waals surface area contributed by atoms with Gasteiger partial charge in [-0.05, 0) is 54.0 Å². The number of carboxylic acids is 1. The Hall–Kier alpha value is -3.13. The van der Waals surface area contributed by atoms with E-state index in [-0.39, 0.29) is 18.1 Å². The van der Waals surface area contributed by atoms with Crippen molar-refractivity contribution in [2.45, 2.75) is 20.1 Å². The lowest BCUT2D eigenvalue weighted by Gasteiger charge is -2.14. The lowest BCUT2D eigenvalue weighted by atomic mass is 10.1. The smallest absolute Gasteiger partial charge is 0.335 e. The lowest BCUT2D eigenvalue weighted by Crippen LogP contribution is -2.27. The third kappa shape index (κ3) is 5.67. The summed E-state index contributed by atoms with van der Waals surface area (Å²) in [5.41, 5.74) is 3.98. The van der Waals surface area contributed by atoms with E-state index in [9.17, 15) is 9.59 Å². The molecule has 0 aromatic heterocycles. The van der Waals surface area contributed by atoms with Crippen LogP contribution in [-0.4, -0.2) is 26.2 Å². The quantitative estimate of drug-likeness (QED) is 0.296. The number of carbonyl (C=O) groups excluding carboxylic acids is 1. The number of rotatable bonds is 7. The Balaban J connectivity index is 1.42. The highest BCUT2D eigenvalue weighted by Crippen LogP contribution is 2.35. The fourth-order valence-electron chi connectivity index (χ4n) is 3.29. The zero-order chi connectivity index (χ0) is 24.2. The number of benzene rings is 3. The number of thioether (sulfide) groups is 1. The Kier molecular flexibility index (Phi) is 7.36. The fraction of sp³-hybridized carbons (Fsp3) is 0.115. The van der Waals surface area contributed by atoms with Gasteiger partial charge in [-0.15, -0.1) is 0 Å². The van der Waals surface area contributed by atoms with Crippen molar-refractivity contribution >= 4 is 57.9 Å². The molecule has 1 aliphatic rings. The summed E-state index contributed by atoms with van der Waals surface area (Å²) in [5, 5.41) is 9.39. The summed E-state index contributed by atoms with van der Waals surface area (Å²) in [6.45, 7) is 2.70. The van der Waals surface area contributed by atoms with Crippen LogP contribution >= 0.6 is 35.6 Å². The molecule has 0 saturated carbocycles. The zero-order valence-corrected chi connectivity index (χ0v) is 20.5. The summed E-state index contributed by atoms with van der Waals surface area (Å²) in [5.74, 6) is -0.608. The molecule has 1 saturated heterocycles. The van der Waals surface area contributed by atoms with E-state index in [1.807, 2.05) is 37.3 Å². The van der Waals surface area contributed by atoms with Gasteiger partial charge in [0.25, 0.3) is 5.91 Å². The largest absolute Gasteiger partial charge is 0.487 e. The molecule has 1 heterocycles. The van der Waals surface area contributed by atoms with Gasteiger partial charge in [0.2, 0.25) is 0 Å². The van der Waals surface area contributed by atoms with Crippen molar-refractivity contribution in [3.63, 3.8) is 0 Å². The van der Waals surface area contributed by atoms with Gasteiger partial charge in [0.15, 0.2) is 0 Å². The summed E-state index contributed by atoms with van der Waals surface area (Å²) >= 11 is 13.1. The zero-order valence-electron chi connectivity index (χ0n) is 18.2. The first-order chi connectivity index (χ1) is 16.3. The number of aromatic carboxylic acids is 1. The standard InChI is InChI=1S/C26H20ClNO4S2/c1-16-2-4-17(5-3-16)14-28-24(29)23(34-26(28)33)13-19-8-11-22(21(27)12-19)32-15-18-6-9-20(10-7-18)25(30)31/h2-13H,14-15H2,1H3,(H,30,31)/b23-13-. The molecule has 0 radical (unpaired) electrons. The van der Waals surface area contributed by atoms with Gasteiger partial charge in [0.1, 0.15) is 16.7 Å². The van der Waals surface area contributed by atoms with Crippen molar-refractivity contribution in [3.8, 4) is 5.75 Å². The van der Waals surface area contributed by atoms with Gasteiger partial charge < -0.3 is 9.84 Å². The molecule has 4 rings (SSSR count). The maximum atomic E-state index is 12.9. The highest BCUT2D eigenvalue weighted by atomic mass is 35.5. The lowest BCUT2D eigenvalue weighted by molar-refractivity contribution is -0.122. The fourth-order valence-corrected chi connectivity index (χ4v) is 4.79. The predicted molar refractivity (Wildman–Crippen MR) is 139 cm³/mol. The first kappa shape index (κ1) is 24.0. The maximum absolute atomic E-state index is 12.9. The summed E-state index contributed by atoms with van der Waals surface area (Å²) in [7, 11) is 0. The van der Waals surface area contributed by atoms with E-state index in [4.69, 9.17) is 33.7 Å². The molecule has 8 heteroatoms. The van der Waals surface area contributed by atoms with Crippen LogP contribution in [0.1, 0.15) is 32.6 Å². The average Bonchev–Trinajstić information content (AvgIpc) is 3.07. The van der Waals surface area contributed by atoms with Gasteiger partial charge in [-0.3, -0.25) is 9.69 Å². The van der Waals surface area contributed by atoms with E-state index in [2.05, 4.69) is 0 Å². The van der Waals surface area contributed by atoms with Gasteiger partial charge in [-0.25, -0.2) is 4.79 Å². The number of hydrogen-bond acceptors (Lipinski definition) is 5. The molecule has 0 spiro atoms. The first-order valence-electron chi connectivity index (χ1n) is 10.4. The molecule has 34 heavy (non-hydrogen) atoms. The SMILES string of the molecule is Cc1ccc(CN2C(=O)/C(=C/c3ccc(OCc4ccc(C(=O)O)cc4)c(Cl)c3)SC2=S)cc1. The molecule has 0 aliphatic carbocycles. The molecule has 0 bridgehead atoms. The van der Waals surface area contributed by atoms with Crippen molar-refractivity contribution in [2.24, 2.45) is 0 Å². The summed E-state index contributed by atoms with van der Waals surface area (Å²) < 4.78 is 6.30. The number of thiocarbonyl (C=S) groups is 1. The number of aryl methyl sites for hydroxylation is 1. The summed E-state index contributed by atoms with van der Waals surface area (Å²) in [6.07, 6.45) is 1.77. The molecule has 1 N–H and O–H groups in total. The second-order valence-electron chi connectivity index (χ2n) is 7.73. The van der Waals surface area contributed by atoms with Gasteiger partial charge in [0.05, 0.1) is 22.0 Å². The van der Waals surface area contributed by atoms with Crippen LogP contribution in [0.15, 0.2) is 71.6 Å². The minimum Gasteiger partial charge on any atom is -0.487 e. The molecule has 3 aromatic carbocycles. The number of halogens is 1. The molecule has 5 nitrogen and oxygen atoms in total. The second-order valence-corrected chi connectivity index (χ2v) is 9.82. The molecular formula is C26H20ClNO4S2. The third-order valence-corrected chi connectivity index (χ3v) is 6.86. The topological polar surface area (TPSA) is 66.8 Å². The Morgan fingerprint density at radius 2 is 1.76 bits per heavy atom. The molecule has 1 amide bonds. The van der Waals surface area contributed by atoms with Crippen LogP contribution in [0, 0.1) is 6.92 Å². The number of hydrogen-bond donors (Lipinski definition) is 1. The molecular weight excluding hydrogens is 490 g/mol. The molecule has 3 aromatic rings. The second kappa shape index (κ2) is 10.4. The van der Waals surface area contributed by atoms with Gasteiger partial charge in [-0.1, -0.05) is 83.6 Å². The van der Waals surface area contributed by atoms with E-state index in [1.165, 1.54) is 23.9 Å². The van der Waals surface area contributed by atoms with Crippen LogP contribution in [0.25, 0.3) is 6.08 Å². The Bertz CT molecular complexity index is 1290. The minimum atomic E-state index is -0.974. The van der Waals surface area contributed by atoms with Crippen LogP contribution < -0.4 is 4.74 Å². The predicted octanol–water partition coefficient (Wildman–Crippen LogP) is 6.33. The monoisotopic (exact) mass is 509 g/mol. The number of carbonyl (C=O) groups is 2. The van der Waals surface area contributed by atoms with Crippen LogP contribution in [-0.2, 0) is 17.9 Å². The van der Waals surface area contributed by atoms with E-state index in [0.29, 0.717) is 26.5 Å². The van der Waals surface area contributed by atoms with Gasteiger partial charge in [0, 0.05) is 0 Å². The van der Waals surface area contributed by atoms with E-state index < -0.39 is 5.97 Å². The van der Waals surface area contributed by atoms with Crippen molar-refractivity contribution in [2.75, 3.05) is 0 Å². The average molecular weight is 510 g/mol. The number of nitrogens with zero attached hydrogens (tertiary/aromatic N) is 1. The van der Waals surface area contributed by atoms with Crippen molar-refractivity contribution in [1.82, 2.24) is 4.90 Å². The molecule has 1 fully saturated rings. The number of amides is 1. The highest BCUT2D eigenvalue weighted by Gasteiger charge is 2.32. The minimum absolute atomic E-state index is 0.128. The first-order valence-corrected chi connectivity index (χ1v) is 12.0. The number of ether oxygens (including phenoxy) is 1. The van der Waals surface area contributed by atoms with Gasteiger partial charge in [-0.2, -0.15) is 0 Å². The van der Waals surface area contributed by atoms with Crippen LogP contribution in [0.2, 0.25) is 5.02 Å². The van der Waals surface area contributed by atoms with Gasteiger partial charge >= 0.3 is 5.97 Å². The number of carboxylic acid groups (broad SMARTS) is 1. The van der Waals surface area contributed by atoms with E-state index in [0.717, 1.165) is 22.3 Å². The molecule has 1 aliphatic heterocycles. The normalized spacial score (nSPS) is 14.6. The third-order valence-electron chi connectivity index (χ3n) is 5.18. The maximum Gasteiger partial charge on any atom is 0.335 e. The van der Waals surface area contributed by atoms with Crippen molar-refractivity contribution < 1.29 is 19.4 Å². The Morgan fingerprint density at radius 1 is 1.09 bits per heavy atom. The van der Waals surface area contributed by atoms with E-state index >= 15 is 0 Å². The summed E-state index contributed by atoms with van der Waals surface area (Å²) in [4.78, 5) is 26.0. The Labute approximate surface area is 212 Å². The van der Waals surface area contributed by atoms with Crippen LogP contribution in [0.3, 0.4) is 0 Å². The highest BCUT2D eigenvalue weighted by molar-refractivity contribution is 8.26.